The molecule has 0 N–H and O–H groups in total. The van der Waals surface area contributed by atoms with E-state index in [1.807, 2.05) is 55.1 Å². The maximum absolute atomic E-state index is 4.63. The molecule has 8 heteroatoms. The molecule has 0 aromatic carbocycles. The summed E-state index contributed by atoms with van der Waals surface area (Å²) in [6, 6.07) is 9.98. The number of hydrogen-bond donors (Lipinski definition) is 0. The van der Waals surface area contributed by atoms with Crippen molar-refractivity contribution in [1.29, 1.82) is 0 Å². The third-order valence-electron chi connectivity index (χ3n) is 5.83. The smallest absolute Gasteiger partial charge is 0.143 e. The Morgan fingerprint density at radius 2 is 0.812 bits per heavy atom. The van der Waals surface area contributed by atoms with Crippen LogP contribution in [0.3, 0.4) is 0 Å². The second-order valence-corrected chi connectivity index (χ2v) is 7.48. The summed E-state index contributed by atoms with van der Waals surface area (Å²) in [6.45, 7) is 0. The van der Waals surface area contributed by atoms with Crippen LogP contribution in [-0.2, 0) is 0 Å². The van der Waals surface area contributed by atoms with Gasteiger partial charge in [-0.25, -0.2) is 9.97 Å². The van der Waals surface area contributed by atoms with Crippen molar-refractivity contribution in [1.82, 2.24) is 39.0 Å². The fourth-order valence-electron chi connectivity index (χ4n) is 4.49. The minimum atomic E-state index is 0.769. The molecule has 0 aliphatic rings. The van der Waals surface area contributed by atoms with E-state index >= 15 is 0 Å². The molecule has 0 amide bonds. The summed E-state index contributed by atoms with van der Waals surface area (Å²) in [7, 11) is 0. The average Bonchev–Trinajstić information content (AvgIpc) is 3.37. The van der Waals surface area contributed by atoms with Crippen LogP contribution >= 0.6 is 0 Å². The van der Waals surface area contributed by atoms with Crippen molar-refractivity contribution in [2.75, 3.05) is 0 Å². The van der Waals surface area contributed by atoms with Crippen LogP contribution in [0.15, 0.2) is 86.2 Å². The van der Waals surface area contributed by atoms with Crippen LogP contribution in [0.5, 0.6) is 0 Å². The molecule has 0 saturated carbocycles. The van der Waals surface area contributed by atoms with Crippen molar-refractivity contribution in [3.8, 4) is 11.6 Å². The van der Waals surface area contributed by atoms with E-state index in [0.29, 0.717) is 0 Å². The van der Waals surface area contributed by atoms with Crippen LogP contribution in [0.25, 0.3) is 55.2 Å². The summed E-state index contributed by atoms with van der Waals surface area (Å²) in [5.41, 5.74) is 4.07. The number of fused-ring (bicyclic) bond motifs is 6. The van der Waals surface area contributed by atoms with Gasteiger partial charge in [-0.2, -0.15) is 0 Å². The lowest BCUT2D eigenvalue weighted by Crippen LogP contribution is -2.03. The zero-order chi connectivity index (χ0) is 21.1. The number of rotatable bonds is 2. The second-order valence-electron chi connectivity index (χ2n) is 7.48. The van der Waals surface area contributed by atoms with Crippen LogP contribution in [0.4, 0.5) is 0 Å². The molecular weight excluding hydrogens is 400 g/mol. The topological polar surface area (TPSA) is 87.2 Å². The normalized spacial score (nSPS) is 11.8. The van der Waals surface area contributed by atoms with Crippen molar-refractivity contribution >= 4 is 43.6 Å². The van der Waals surface area contributed by atoms with E-state index in [0.717, 1.165) is 55.2 Å². The summed E-state index contributed by atoms with van der Waals surface area (Å²) < 4.78 is 4.24. The fraction of sp³-hybridized carbons (Fsp3) is 0. The quantitative estimate of drug-likeness (QED) is 0.420. The molecule has 0 unspecified atom stereocenters. The van der Waals surface area contributed by atoms with E-state index in [1.165, 1.54) is 0 Å². The molecule has 0 spiro atoms. The Bertz CT molecular complexity index is 1560. The van der Waals surface area contributed by atoms with E-state index in [4.69, 9.17) is 0 Å². The predicted octanol–water partition coefficient (Wildman–Crippen LogP) is 4.25. The zero-order valence-electron chi connectivity index (χ0n) is 16.7. The molecular formula is C24H14N8. The van der Waals surface area contributed by atoms with Crippen LogP contribution in [0.1, 0.15) is 0 Å². The van der Waals surface area contributed by atoms with Gasteiger partial charge in [0.2, 0.25) is 0 Å². The first kappa shape index (κ1) is 17.0. The summed E-state index contributed by atoms with van der Waals surface area (Å²) in [4.78, 5) is 26.5. The Morgan fingerprint density at radius 1 is 0.469 bits per heavy atom. The summed E-state index contributed by atoms with van der Waals surface area (Å²) in [5, 5.41) is 4.13. The van der Waals surface area contributed by atoms with Gasteiger partial charge in [-0.05, 0) is 24.3 Å². The lowest BCUT2D eigenvalue weighted by molar-refractivity contribution is 0.985. The molecule has 7 heterocycles. The standard InChI is InChI=1S/C24H14N8/c1-5-25-10-15-16-11-26-6-2-20(16)31(19(1)15)23-9-24(30-14-29-23)32-21-3-7-27-12-17(21)18-13-28-8-4-22(18)32/h1-14H. The molecule has 7 rings (SSSR count). The van der Waals surface area contributed by atoms with Crippen molar-refractivity contribution in [2.24, 2.45) is 0 Å². The van der Waals surface area contributed by atoms with Gasteiger partial charge in [0, 0.05) is 77.2 Å². The van der Waals surface area contributed by atoms with E-state index < -0.39 is 0 Å². The molecule has 0 saturated heterocycles. The SMILES string of the molecule is c1cc2c(cn1)c1cnccc1n2-c1cc(-n2c3ccncc3c3cnccc32)ncn1. The average molecular weight is 414 g/mol. The summed E-state index contributed by atoms with van der Waals surface area (Å²) in [5.74, 6) is 1.54. The monoisotopic (exact) mass is 414 g/mol. The van der Waals surface area contributed by atoms with E-state index in [-0.39, 0.29) is 0 Å². The van der Waals surface area contributed by atoms with Gasteiger partial charge in [0.1, 0.15) is 18.0 Å². The summed E-state index contributed by atoms with van der Waals surface area (Å²) >= 11 is 0. The second kappa shape index (κ2) is 6.39. The first-order valence-corrected chi connectivity index (χ1v) is 10.1. The van der Waals surface area contributed by atoms with Crippen LogP contribution in [-0.4, -0.2) is 39.0 Å². The Labute approximate surface area is 180 Å². The number of pyridine rings is 4. The van der Waals surface area contributed by atoms with Crippen LogP contribution in [0, 0.1) is 0 Å². The van der Waals surface area contributed by atoms with Crippen molar-refractivity contribution < 1.29 is 0 Å². The minimum absolute atomic E-state index is 0.769. The maximum Gasteiger partial charge on any atom is 0.143 e. The van der Waals surface area contributed by atoms with Gasteiger partial charge in [-0.15, -0.1) is 0 Å². The van der Waals surface area contributed by atoms with E-state index in [2.05, 4.69) is 39.0 Å². The van der Waals surface area contributed by atoms with Crippen molar-refractivity contribution in [3.05, 3.63) is 86.2 Å². The highest BCUT2D eigenvalue weighted by Crippen LogP contribution is 2.32. The number of nitrogens with zero attached hydrogens (tertiary/aromatic N) is 8. The van der Waals surface area contributed by atoms with E-state index in [9.17, 15) is 0 Å². The number of hydrogen-bond acceptors (Lipinski definition) is 6. The maximum atomic E-state index is 4.63. The highest BCUT2D eigenvalue weighted by Gasteiger charge is 2.16. The number of aromatic nitrogens is 8. The minimum Gasteiger partial charge on any atom is -0.293 e. The molecule has 0 fully saturated rings. The van der Waals surface area contributed by atoms with Gasteiger partial charge < -0.3 is 0 Å². The van der Waals surface area contributed by atoms with Crippen molar-refractivity contribution in [3.63, 3.8) is 0 Å². The molecule has 7 aromatic heterocycles. The Balaban J connectivity index is 1.55. The predicted molar refractivity (Wildman–Crippen MR) is 122 cm³/mol. The Morgan fingerprint density at radius 3 is 1.16 bits per heavy atom. The first-order chi connectivity index (χ1) is 15.9. The van der Waals surface area contributed by atoms with Crippen molar-refractivity contribution in [2.45, 2.75) is 0 Å². The van der Waals surface area contributed by atoms with Gasteiger partial charge in [0.25, 0.3) is 0 Å². The van der Waals surface area contributed by atoms with Gasteiger partial charge in [-0.3, -0.25) is 29.1 Å². The zero-order valence-corrected chi connectivity index (χ0v) is 16.7. The van der Waals surface area contributed by atoms with Gasteiger partial charge >= 0.3 is 0 Å². The molecule has 0 bridgehead atoms. The highest BCUT2D eigenvalue weighted by molar-refractivity contribution is 6.09. The van der Waals surface area contributed by atoms with Crippen LogP contribution < -0.4 is 0 Å². The van der Waals surface area contributed by atoms with E-state index in [1.54, 1.807) is 31.1 Å². The highest BCUT2D eigenvalue weighted by atomic mass is 15.1. The molecule has 32 heavy (non-hydrogen) atoms. The molecule has 0 aliphatic carbocycles. The third-order valence-corrected chi connectivity index (χ3v) is 5.83. The molecule has 150 valence electrons. The Kier molecular flexibility index (Phi) is 3.40. The fourth-order valence-corrected chi connectivity index (χ4v) is 4.49. The third kappa shape index (κ3) is 2.26. The van der Waals surface area contributed by atoms with Crippen LogP contribution in [0.2, 0.25) is 0 Å². The molecule has 0 atom stereocenters. The first-order valence-electron chi connectivity index (χ1n) is 10.1. The lowest BCUT2D eigenvalue weighted by atomic mass is 10.2. The van der Waals surface area contributed by atoms with Gasteiger partial charge in [0.15, 0.2) is 0 Å². The van der Waals surface area contributed by atoms with Gasteiger partial charge in [-0.1, -0.05) is 0 Å². The molecule has 0 aliphatic heterocycles. The molecule has 7 aromatic rings. The molecule has 8 nitrogen and oxygen atoms in total. The molecule has 0 radical (unpaired) electrons. The van der Waals surface area contributed by atoms with Gasteiger partial charge in [0.05, 0.1) is 22.1 Å². The Hall–Kier alpha value is -4.72. The largest absolute Gasteiger partial charge is 0.293 e. The lowest BCUT2D eigenvalue weighted by Gasteiger charge is -2.10. The summed E-state index contributed by atoms with van der Waals surface area (Å²) in [6.07, 6.45) is 16.2.